The van der Waals surface area contributed by atoms with Crippen molar-refractivity contribution in [1.29, 1.82) is 0 Å². The number of hydrogen-bond acceptors (Lipinski definition) is 2. The molecule has 1 atom stereocenters. The van der Waals surface area contributed by atoms with Crippen LogP contribution in [0.4, 0.5) is 5.69 Å². The second-order valence-corrected chi connectivity index (χ2v) is 6.45. The molecular formula is C14H13Cl2NOS. The smallest absolute Gasteiger partial charge is 0.0806 e. The minimum Gasteiger partial charge on any atom is -0.398 e. The van der Waals surface area contributed by atoms with Crippen LogP contribution >= 0.6 is 23.2 Å². The monoisotopic (exact) mass is 313 g/mol. The molecule has 0 aliphatic heterocycles. The molecule has 0 aromatic heterocycles. The summed E-state index contributed by atoms with van der Waals surface area (Å²) in [6.45, 7) is 1.96. The molecule has 2 nitrogen and oxygen atoms in total. The number of halogens is 2. The largest absolute Gasteiger partial charge is 0.398 e. The van der Waals surface area contributed by atoms with Crippen molar-refractivity contribution in [2.24, 2.45) is 0 Å². The topological polar surface area (TPSA) is 43.1 Å². The van der Waals surface area contributed by atoms with Crippen LogP contribution in [-0.2, 0) is 16.6 Å². The lowest BCUT2D eigenvalue weighted by atomic mass is 10.2. The summed E-state index contributed by atoms with van der Waals surface area (Å²) in [7, 11) is -1.32. The molecule has 0 bridgehead atoms. The Labute approximate surface area is 125 Å². The molecule has 2 rings (SSSR count). The fourth-order valence-corrected chi connectivity index (χ4v) is 3.86. The van der Waals surface area contributed by atoms with Gasteiger partial charge in [0.25, 0.3) is 0 Å². The number of aryl methyl sites for hydroxylation is 1. The Morgan fingerprint density at radius 3 is 2.53 bits per heavy atom. The average Bonchev–Trinajstić information content (AvgIpc) is 2.32. The minimum absolute atomic E-state index is 0.299. The van der Waals surface area contributed by atoms with Gasteiger partial charge in [-0.05, 0) is 36.2 Å². The van der Waals surface area contributed by atoms with Crippen molar-refractivity contribution in [1.82, 2.24) is 0 Å². The van der Waals surface area contributed by atoms with Crippen molar-refractivity contribution < 1.29 is 4.21 Å². The van der Waals surface area contributed by atoms with Gasteiger partial charge in [-0.3, -0.25) is 4.21 Å². The van der Waals surface area contributed by atoms with E-state index in [1.165, 1.54) is 0 Å². The Morgan fingerprint density at radius 1 is 1.16 bits per heavy atom. The number of hydrogen-bond donors (Lipinski definition) is 1. The molecule has 0 saturated heterocycles. The van der Waals surface area contributed by atoms with Gasteiger partial charge < -0.3 is 5.73 Å². The van der Waals surface area contributed by atoms with Gasteiger partial charge in [-0.25, -0.2) is 0 Å². The highest BCUT2D eigenvalue weighted by Gasteiger charge is 2.14. The zero-order chi connectivity index (χ0) is 14.0. The number of anilines is 1. The molecule has 2 N–H and O–H groups in total. The fourth-order valence-electron chi connectivity index (χ4n) is 1.75. The van der Waals surface area contributed by atoms with Gasteiger partial charge in [0.2, 0.25) is 0 Å². The molecule has 0 aliphatic carbocycles. The van der Waals surface area contributed by atoms with Gasteiger partial charge in [-0.15, -0.1) is 0 Å². The Morgan fingerprint density at radius 2 is 1.89 bits per heavy atom. The van der Waals surface area contributed by atoms with Crippen LogP contribution in [0.15, 0.2) is 41.3 Å². The molecule has 0 fully saturated rings. The Hall–Kier alpha value is -1.03. The van der Waals surface area contributed by atoms with E-state index in [1.807, 2.05) is 25.1 Å². The second-order valence-electron chi connectivity index (χ2n) is 4.24. The van der Waals surface area contributed by atoms with Crippen molar-refractivity contribution in [3.63, 3.8) is 0 Å². The first-order valence-corrected chi connectivity index (χ1v) is 7.74. The maximum absolute atomic E-state index is 12.4. The molecular weight excluding hydrogens is 301 g/mol. The van der Waals surface area contributed by atoms with E-state index in [2.05, 4.69) is 0 Å². The number of nitrogens with two attached hydrogens (primary N) is 1. The third-order valence-electron chi connectivity index (χ3n) is 2.72. The Kier molecular flexibility index (Phi) is 4.50. The van der Waals surface area contributed by atoms with Crippen LogP contribution in [0.2, 0.25) is 10.0 Å². The summed E-state index contributed by atoms with van der Waals surface area (Å²) in [5, 5.41) is 1.03. The molecule has 0 amide bonds. The third-order valence-corrected chi connectivity index (χ3v) is 4.98. The van der Waals surface area contributed by atoms with Gasteiger partial charge >= 0.3 is 0 Å². The van der Waals surface area contributed by atoms with Crippen LogP contribution in [0, 0.1) is 6.92 Å². The van der Waals surface area contributed by atoms with Crippen molar-refractivity contribution in [3.8, 4) is 0 Å². The van der Waals surface area contributed by atoms with Crippen LogP contribution in [0.3, 0.4) is 0 Å². The van der Waals surface area contributed by atoms with Crippen molar-refractivity contribution in [3.05, 3.63) is 57.6 Å². The molecule has 19 heavy (non-hydrogen) atoms. The van der Waals surface area contributed by atoms with Gasteiger partial charge in [0.1, 0.15) is 0 Å². The van der Waals surface area contributed by atoms with Gasteiger partial charge in [0.05, 0.1) is 26.5 Å². The lowest BCUT2D eigenvalue weighted by molar-refractivity contribution is 0.683. The van der Waals surface area contributed by atoms with Gasteiger partial charge in [-0.1, -0.05) is 41.4 Å². The summed E-state index contributed by atoms with van der Waals surface area (Å²) >= 11 is 12.2. The molecule has 2 aromatic rings. The predicted molar refractivity (Wildman–Crippen MR) is 82.2 cm³/mol. The summed E-state index contributed by atoms with van der Waals surface area (Å²) in [6.07, 6.45) is 0. The summed E-state index contributed by atoms with van der Waals surface area (Å²) < 4.78 is 12.4. The van der Waals surface area contributed by atoms with E-state index in [4.69, 9.17) is 28.9 Å². The second kappa shape index (κ2) is 5.95. The summed E-state index contributed by atoms with van der Waals surface area (Å²) in [5.41, 5.74) is 8.16. The Balaban J connectivity index is 2.31. The van der Waals surface area contributed by atoms with Gasteiger partial charge in [0.15, 0.2) is 0 Å². The van der Waals surface area contributed by atoms with Crippen molar-refractivity contribution >= 4 is 39.7 Å². The van der Waals surface area contributed by atoms with Crippen LogP contribution < -0.4 is 5.73 Å². The third kappa shape index (κ3) is 3.30. The number of rotatable bonds is 3. The zero-order valence-corrected chi connectivity index (χ0v) is 12.6. The first-order chi connectivity index (χ1) is 8.99. The molecule has 0 spiro atoms. The van der Waals surface area contributed by atoms with Crippen molar-refractivity contribution in [2.75, 3.05) is 5.73 Å². The van der Waals surface area contributed by atoms with Gasteiger partial charge in [-0.2, -0.15) is 0 Å². The Bertz CT molecular complexity index is 623. The van der Waals surface area contributed by atoms with E-state index in [1.54, 1.807) is 18.2 Å². The molecule has 0 saturated carbocycles. The van der Waals surface area contributed by atoms with Crippen LogP contribution in [0.25, 0.3) is 0 Å². The van der Waals surface area contributed by atoms with E-state index in [0.29, 0.717) is 26.4 Å². The predicted octanol–water partition coefficient (Wildman–Crippen LogP) is 4.19. The van der Waals surface area contributed by atoms with Gasteiger partial charge in [0, 0.05) is 10.7 Å². The van der Waals surface area contributed by atoms with Crippen LogP contribution in [0.1, 0.15) is 11.1 Å². The normalized spacial score (nSPS) is 12.4. The van der Waals surface area contributed by atoms with E-state index >= 15 is 0 Å². The van der Waals surface area contributed by atoms with E-state index in [0.717, 1.165) is 11.1 Å². The number of nitrogen functional groups attached to an aromatic ring is 1. The maximum Gasteiger partial charge on any atom is 0.0806 e. The first-order valence-electron chi connectivity index (χ1n) is 5.66. The summed E-state index contributed by atoms with van der Waals surface area (Å²) in [5.74, 6) is 0.299. The SMILES string of the molecule is Cc1ccc(CS(=O)c2c(N)cccc2Cl)c(Cl)c1. The highest BCUT2D eigenvalue weighted by Crippen LogP contribution is 2.29. The molecule has 100 valence electrons. The summed E-state index contributed by atoms with van der Waals surface area (Å²) in [6, 6.07) is 10.8. The fraction of sp³-hybridized carbons (Fsp3) is 0.143. The highest BCUT2D eigenvalue weighted by molar-refractivity contribution is 7.84. The zero-order valence-electron chi connectivity index (χ0n) is 10.3. The molecule has 0 radical (unpaired) electrons. The molecule has 0 aliphatic rings. The quantitative estimate of drug-likeness (QED) is 0.863. The lowest BCUT2D eigenvalue weighted by Gasteiger charge is -2.09. The highest BCUT2D eigenvalue weighted by atomic mass is 35.5. The lowest BCUT2D eigenvalue weighted by Crippen LogP contribution is -2.02. The minimum atomic E-state index is -1.32. The summed E-state index contributed by atoms with van der Waals surface area (Å²) in [4.78, 5) is 0.473. The van der Waals surface area contributed by atoms with Crippen LogP contribution in [-0.4, -0.2) is 4.21 Å². The van der Waals surface area contributed by atoms with E-state index < -0.39 is 10.8 Å². The van der Waals surface area contributed by atoms with E-state index in [-0.39, 0.29) is 0 Å². The number of benzene rings is 2. The molecule has 5 heteroatoms. The standard InChI is InChI=1S/C14H13Cl2NOS/c1-9-5-6-10(12(16)7-9)8-19(18)14-11(15)3-2-4-13(14)17/h2-7H,8,17H2,1H3. The average molecular weight is 314 g/mol. The van der Waals surface area contributed by atoms with Crippen LogP contribution in [0.5, 0.6) is 0 Å². The maximum atomic E-state index is 12.4. The van der Waals surface area contributed by atoms with E-state index in [9.17, 15) is 4.21 Å². The first kappa shape index (κ1) is 14.4. The molecule has 2 aromatic carbocycles. The van der Waals surface area contributed by atoms with Crippen molar-refractivity contribution in [2.45, 2.75) is 17.6 Å². The molecule has 0 heterocycles. The molecule has 1 unspecified atom stereocenters.